The lowest BCUT2D eigenvalue weighted by Crippen LogP contribution is -2.05. The quantitative estimate of drug-likeness (QED) is 0.375. The first-order chi connectivity index (χ1) is 15.0. The molecule has 0 N–H and O–H groups in total. The summed E-state index contributed by atoms with van der Waals surface area (Å²) in [6.07, 6.45) is 10.3. The number of carbonyl (C=O) groups excluding carboxylic acids is 1. The lowest BCUT2D eigenvalue weighted by atomic mass is 9.98. The molecule has 4 aromatic rings. The van der Waals surface area contributed by atoms with Crippen LogP contribution in [0.3, 0.4) is 0 Å². The van der Waals surface area contributed by atoms with Crippen LogP contribution in [0.1, 0.15) is 53.5 Å². The van der Waals surface area contributed by atoms with Crippen LogP contribution in [0.2, 0.25) is 0 Å². The number of rotatable bonds is 8. The molecule has 0 aliphatic heterocycles. The van der Waals surface area contributed by atoms with Gasteiger partial charge < -0.3 is 0 Å². The van der Waals surface area contributed by atoms with E-state index in [1.807, 2.05) is 55.2 Å². The molecule has 0 unspecified atom stereocenters. The fourth-order valence-corrected chi connectivity index (χ4v) is 3.60. The molecule has 6 nitrogen and oxygen atoms in total. The highest BCUT2D eigenvalue weighted by Crippen LogP contribution is 2.30. The highest BCUT2D eigenvalue weighted by Gasteiger charge is 2.16. The summed E-state index contributed by atoms with van der Waals surface area (Å²) in [5.41, 5.74) is 6.26. The van der Waals surface area contributed by atoms with E-state index >= 15 is 0 Å². The number of hydrogen-bond acceptors (Lipinski definition) is 5. The highest BCUT2D eigenvalue weighted by atomic mass is 16.1. The summed E-state index contributed by atoms with van der Waals surface area (Å²) < 4.78 is 2.00. The molecule has 0 bridgehead atoms. The second-order valence-corrected chi connectivity index (χ2v) is 7.97. The van der Waals surface area contributed by atoms with Crippen LogP contribution in [-0.2, 0) is 13.0 Å². The average Bonchev–Trinajstić information content (AvgIpc) is 3.20. The summed E-state index contributed by atoms with van der Waals surface area (Å²) >= 11 is 0. The number of pyridine rings is 1. The highest BCUT2D eigenvalue weighted by molar-refractivity contribution is 6.04. The van der Waals surface area contributed by atoms with Crippen molar-refractivity contribution in [1.29, 1.82) is 0 Å². The van der Waals surface area contributed by atoms with E-state index in [4.69, 9.17) is 0 Å². The van der Waals surface area contributed by atoms with Gasteiger partial charge >= 0.3 is 0 Å². The molecule has 3 heterocycles. The Hall–Kier alpha value is -3.41. The van der Waals surface area contributed by atoms with Crippen LogP contribution in [-0.4, -0.2) is 30.5 Å². The molecule has 3 aromatic heterocycles. The van der Waals surface area contributed by atoms with Gasteiger partial charge in [-0.1, -0.05) is 19.4 Å². The van der Waals surface area contributed by atoms with E-state index in [1.54, 1.807) is 12.4 Å². The number of Topliss-reactive ketones (excluding diaryl/α,β-unsaturated/α-hetero) is 1. The zero-order valence-electron chi connectivity index (χ0n) is 18.3. The van der Waals surface area contributed by atoms with Crippen LogP contribution in [0.4, 0.5) is 0 Å². The molecule has 31 heavy (non-hydrogen) atoms. The fourth-order valence-electron chi connectivity index (χ4n) is 3.60. The van der Waals surface area contributed by atoms with Crippen LogP contribution in [0.15, 0.2) is 49.1 Å². The number of unbranched alkanes of at least 4 members (excludes halogenated alkanes) is 1. The first-order valence-electron chi connectivity index (χ1n) is 10.8. The van der Waals surface area contributed by atoms with Gasteiger partial charge in [0.15, 0.2) is 5.78 Å². The molecular weight excluding hydrogens is 386 g/mol. The van der Waals surface area contributed by atoms with E-state index in [-0.39, 0.29) is 5.78 Å². The van der Waals surface area contributed by atoms with Crippen LogP contribution in [0, 0.1) is 13.8 Å². The molecule has 0 radical (unpaired) electrons. The molecule has 1 aromatic carbocycles. The molecule has 0 saturated heterocycles. The average molecular weight is 414 g/mol. The fraction of sp³-hybridized carbons (Fsp3) is 0.320. The minimum absolute atomic E-state index is 0.0841. The van der Waals surface area contributed by atoms with E-state index in [0.29, 0.717) is 18.4 Å². The zero-order chi connectivity index (χ0) is 21.8. The molecule has 0 fully saturated rings. The number of ketones is 1. The van der Waals surface area contributed by atoms with Gasteiger partial charge in [0, 0.05) is 48.1 Å². The van der Waals surface area contributed by atoms with E-state index in [2.05, 4.69) is 27.0 Å². The van der Waals surface area contributed by atoms with Crippen LogP contribution < -0.4 is 0 Å². The summed E-state index contributed by atoms with van der Waals surface area (Å²) in [6, 6.07) is 7.97. The molecule has 0 aliphatic rings. The smallest absolute Gasteiger partial charge is 0.163 e. The first kappa shape index (κ1) is 20.8. The molecule has 0 spiro atoms. The Balaban J connectivity index is 1.70. The molecule has 0 atom stereocenters. The SMILES string of the molecule is CCCCn1ncc2c(-c3ccc(C)cn3)cc(C(=O)CCc3cnc(C)cn3)cc21. The lowest BCUT2D eigenvalue weighted by Gasteiger charge is -2.09. The van der Waals surface area contributed by atoms with Gasteiger partial charge in [-0.25, -0.2) is 0 Å². The second kappa shape index (κ2) is 9.16. The van der Waals surface area contributed by atoms with Gasteiger partial charge in [-0.2, -0.15) is 5.10 Å². The van der Waals surface area contributed by atoms with Crippen molar-refractivity contribution in [2.45, 2.75) is 53.0 Å². The van der Waals surface area contributed by atoms with Crippen LogP contribution >= 0.6 is 0 Å². The molecule has 0 saturated carbocycles. The minimum Gasteiger partial charge on any atom is -0.294 e. The summed E-state index contributed by atoms with van der Waals surface area (Å²) in [4.78, 5) is 26.4. The Bertz CT molecular complexity index is 1190. The largest absolute Gasteiger partial charge is 0.294 e. The Morgan fingerprint density at radius 3 is 2.58 bits per heavy atom. The Morgan fingerprint density at radius 2 is 1.87 bits per heavy atom. The van der Waals surface area contributed by atoms with Gasteiger partial charge in [0.1, 0.15) is 0 Å². The van der Waals surface area contributed by atoms with Crippen molar-refractivity contribution >= 4 is 16.7 Å². The number of benzene rings is 1. The third-order valence-electron chi connectivity index (χ3n) is 5.44. The van der Waals surface area contributed by atoms with Crippen molar-refractivity contribution in [3.63, 3.8) is 0 Å². The summed E-state index contributed by atoms with van der Waals surface area (Å²) in [6.45, 7) is 6.91. The summed E-state index contributed by atoms with van der Waals surface area (Å²) in [5.74, 6) is 0.0841. The molecule has 158 valence electrons. The Kier molecular flexibility index (Phi) is 6.16. The number of fused-ring (bicyclic) bond motifs is 1. The number of aromatic nitrogens is 5. The van der Waals surface area contributed by atoms with Crippen molar-refractivity contribution in [3.05, 3.63) is 71.6 Å². The summed E-state index contributed by atoms with van der Waals surface area (Å²) in [5, 5.41) is 5.62. The number of carbonyl (C=O) groups is 1. The molecule has 0 aliphatic carbocycles. The van der Waals surface area contributed by atoms with Crippen LogP contribution in [0.5, 0.6) is 0 Å². The predicted octanol–water partition coefficient (Wildman–Crippen LogP) is 5.12. The van der Waals surface area contributed by atoms with E-state index < -0.39 is 0 Å². The van der Waals surface area contributed by atoms with E-state index in [9.17, 15) is 4.79 Å². The normalized spacial score (nSPS) is 11.2. The maximum absolute atomic E-state index is 13.1. The Morgan fingerprint density at radius 1 is 1.00 bits per heavy atom. The van der Waals surface area contributed by atoms with Gasteiger partial charge in [-0.05, 0) is 50.5 Å². The van der Waals surface area contributed by atoms with Gasteiger partial charge in [0.05, 0.1) is 28.8 Å². The first-order valence-corrected chi connectivity index (χ1v) is 10.8. The molecule has 4 rings (SSSR count). The topological polar surface area (TPSA) is 73.6 Å². The second-order valence-electron chi connectivity index (χ2n) is 7.97. The number of hydrogen-bond donors (Lipinski definition) is 0. The minimum atomic E-state index is 0.0841. The van der Waals surface area contributed by atoms with Crippen LogP contribution in [0.25, 0.3) is 22.2 Å². The van der Waals surface area contributed by atoms with Gasteiger partial charge in [0.2, 0.25) is 0 Å². The van der Waals surface area contributed by atoms with Crippen molar-refractivity contribution in [2.75, 3.05) is 0 Å². The standard InChI is InChI=1S/C25H27N5O/c1-4-5-10-30-24-12-19(25(31)9-7-20-15-26-18(3)14-27-20)11-21(22(24)16-29-30)23-8-6-17(2)13-28-23/h6,8,11-16H,4-5,7,9-10H2,1-3H3. The number of aryl methyl sites for hydroxylation is 4. The maximum atomic E-state index is 13.1. The molecular formula is C25H27N5O. The monoisotopic (exact) mass is 413 g/mol. The third-order valence-corrected chi connectivity index (χ3v) is 5.44. The number of nitrogens with zero attached hydrogens (tertiary/aromatic N) is 5. The van der Waals surface area contributed by atoms with Crippen molar-refractivity contribution in [1.82, 2.24) is 24.7 Å². The van der Waals surface area contributed by atoms with E-state index in [0.717, 1.165) is 58.5 Å². The molecule has 6 heteroatoms. The van der Waals surface area contributed by atoms with Crippen molar-refractivity contribution < 1.29 is 4.79 Å². The summed E-state index contributed by atoms with van der Waals surface area (Å²) in [7, 11) is 0. The van der Waals surface area contributed by atoms with Gasteiger partial charge in [0.25, 0.3) is 0 Å². The van der Waals surface area contributed by atoms with Gasteiger partial charge in [-0.3, -0.25) is 24.4 Å². The predicted molar refractivity (Wildman–Crippen MR) is 122 cm³/mol. The molecule has 0 amide bonds. The third kappa shape index (κ3) is 4.68. The van der Waals surface area contributed by atoms with Gasteiger partial charge in [-0.15, -0.1) is 0 Å². The van der Waals surface area contributed by atoms with Crippen molar-refractivity contribution in [3.8, 4) is 11.3 Å². The van der Waals surface area contributed by atoms with E-state index in [1.165, 1.54) is 0 Å². The lowest BCUT2D eigenvalue weighted by molar-refractivity contribution is 0.0982. The zero-order valence-corrected chi connectivity index (χ0v) is 18.3. The maximum Gasteiger partial charge on any atom is 0.163 e. The van der Waals surface area contributed by atoms with Crippen molar-refractivity contribution in [2.24, 2.45) is 0 Å². The Labute approximate surface area is 182 Å².